The average Bonchev–Trinajstić information content (AvgIpc) is 2.82. The van der Waals surface area contributed by atoms with Gasteiger partial charge in [-0.2, -0.15) is 5.10 Å². The maximum atomic E-state index is 4.42. The van der Waals surface area contributed by atoms with E-state index in [1.165, 1.54) is 35.6 Å². The molecule has 0 fully saturated rings. The van der Waals surface area contributed by atoms with Crippen LogP contribution in [0.2, 0.25) is 0 Å². The van der Waals surface area contributed by atoms with Gasteiger partial charge in [-0.25, -0.2) is 0 Å². The van der Waals surface area contributed by atoms with Gasteiger partial charge in [0.1, 0.15) is 0 Å². The molecule has 0 N–H and O–H groups in total. The molecule has 0 bridgehead atoms. The van der Waals surface area contributed by atoms with Gasteiger partial charge in [0.25, 0.3) is 0 Å². The Kier molecular flexibility index (Phi) is 4.39. The number of nitrogens with zero attached hydrogens (tertiary/aromatic N) is 3. The molecular formula is C15H25N3S. The molecule has 3 nitrogen and oxygen atoms in total. The lowest BCUT2D eigenvalue weighted by atomic mass is 9.89. The average molecular weight is 279 g/mol. The van der Waals surface area contributed by atoms with Gasteiger partial charge in [0, 0.05) is 18.0 Å². The summed E-state index contributed by atoms with van der Waals surface area (Å²) in [7, 11) is 2.00. The Morgan fingerprint density at radius 3 is 2.63 bits per heavy atom. The number of rotatable bonds is 0. The summed E-state index contributed by atoms with van der Waals surface area (Å²) in [5.74, 6) is 0.729. The summed E-state index contributed by atoms with van der Waals surface area (Å²) >= 11 is 1.87. The predicted molar refractivity (Wildman–Crippen MR) is 84.2 cm³/mol. The van der Waals surface area contributed by atoms with E-state index in [2.05, 4.69) is 44.0 Å². The minimum Gasteiger partial charge on any atom is -0.282 e. The van der Waals surface area contributed by atoms with Gasteiger partial charge in [-0.05, 0) is 51.5 Å². The van der Waals surface area contributed by atoms with E-state index in [1.54, 1.807) is 0 Å². The summed E-state index contributed by atoms with van der Waals surface area (Å²) in [6.45, 7) is 9.79. The van der Waals surface area contributed by atoms with Crippen molar-refractivity contribution in [2.24, 2.45) is 12.0 Å². The van der Waals surface area contributed by atoms with Gasteiger partial charge in [-0.1, -0.05) is 6.92 Å². The van der Waals surface area contributed by atoms with E-state index < -0.39 is 0 Å². The van der Waals surface area contributed by atoms with Gasteiger partial charge in [0.05, 0.1) is 17.3 Å². The van der Waals surface area contributed by atoms with Gasteiger partial charge in [-0.15, -0.1) is 11.8 Å². The molecule has 3 rings (SSSR count). The molecule has 0 saturated carbocycles. The van der Waals surface area contributed by atoms with E-state index in [-0.39, 0.29) is 0 Å². The van der Waals surface area contributed by atoms with Crippen LogP contribution in [0.1, 0.15) is 57.7 Å². The number of hydrogen-bond acceptors (Lipinski definition) is 3. The van der Waals surface area contributed by atoms with E-state index in [9.17, 15) is 0 Å². The zero-order chi connectivity index (χ0) is 14.0. The number of fused-ring (bicyclic) bond motifs is 1. The number of aryl methyl sites for hydroxylation is 2. The first-order valence-electron chi connectivity index (χ1n) is 7.10. The highest BCUT2D eigenvalue weighted by molar-refractivity contribution is 8.15. The molecule has 19 heavy (non-hydrogen) atoms. The van der Waals surface area contributed by atoms with Crippen LogP contribution in [0.5, 0.6) is 0 Å². The van der Waals surface area contributed by atoms with E-state index >= 15 is 0 Å². The highest BCUT2D eigenvalue weighted by atomic mass is 32.2. The Hall–Kier alpha value is -0.770. The van der Waals surface area contributed by atoms with E-state index in [4.69, 9.17) is 0 Å². The Morgan fingerprint density at radius 1 is 1.42 bits per heavy atom. The van der Waals surface area contributed by atoms with Crippen molar-refractivity contribution in [2.75, 3.05) is 6.54 Å². The lowest BCUT2D eigenvalue weighted by Crippen LogP contribution is -2.14. The third kappa shape index (κ3) is 3.85. The molecule has 1 atom stereocenters. The van der Waals surface area contributed by atoms with E-state index in [1.807, 2.05) is 23.5 Å². The maximum Gasteiger partial charge on any atom is 0.0659 e. The molecule has 0 amide bonds. The second kappa shape index (κ2) is 5.70. The summed E-state index contributed by atoms with van der Waals surface area (Å²) in [4.78, 5) is 4.27. The molecular weight excluding hydrogens is 254 g/mol. The van der Waals surface area contributed by atoms with Crippen LogP contribution in [-0.4, -0.2) is 26.1 Å². The molecule has 0 radical (unpaired) electrons. The van der Waals surface area contributed by atoms with E-state index in [0.717, 1.165) is 12.5 Å². The summed E-state index contributed by atoms with van der Waals surface area (Å²) in [5.41, 5.74) is 2.80. The Morgan fingerprint density at radius 2 is 2.16 bits per heavy atom. The minimum absolute atomic E-state index is 0.379. The largest absolute Gasteiger partial charge is 0.282 e. The molecule has 0 saturated heterocycles. The molecule has 0 aromatic carbocycles. The molecule has 1 aliphatic carbocycles. The molecule has 1 aliphatic heterocycles. The van der Waals surface area contributed by atoms with Crippen LogP contribution >= 0.6 is 11.8 Å². The quantitative estimate of drug-likeness (QED) is 0.723. The SMILES string of the molecule is CC1=NCC(C)(C)S1.C[C@@H]1CCCc2nn(C)cc21. The summed E-state index contributed by atoms with van der Waals surface area (Å²) < 4.78 is 2.32. The molecule has 2 heterocycles. The highest BCUT2D eigenvalue weighted by Crippen LogP contribution is 2.31. The minimum atomic E-state index is 0.379. The first kappa shape index (κ1) is 14.6. The highest BCUT2D eigenvalue weighted by Gasteiger charge is 2.24. The summed E-state index contributed by atoms with van der Waals surface area (Å²) in [6, 6.07) is 0. The number of hydrogen-bond donors (Lipinski definition) is 0. The third-order valence-electron chi connectivity index (χ3n) is 3.63. The second-order valence-electron chi connectivity index (χ2n) is 6.20. The van der Waals surface area contributed by atoms with Gasteiger partial charge < -0.3 is 0 Å². The Balaban J connectivity index is 0.000000148. The fourth-order valence-corrected chi connectivity index (χ4v) is 3.71. The zero-order valence-corrected chi connectivity index (χ0v) is 13.5. The molecule has 106 valence electrons. The molecule has 0 unspecified atom stereocenters. The third-order valence-corrected chi connectivity index (χ3v) is 4.73. The van der Waals surface area contributed by atoms with Crippen LogP contribution in [0.25, 0.3) is 0 Å². The molecule has 2 aliphatic rings. The van der Waals surface area contributed by atoms with Crippen molar-refractivity contribution in [1.29, 1.82) is 0 Å². The van der Waals surface area contributed by atoms with Crippen molar-refractivity contribution in [3.05, 3.63) is 17.5 Å². The van der Waals surface area contributed by atoms with Crippen LogP contribution < -0.4 is 0 Å². The predicted octanol–water partition coefficient (Wildman–Crippen LogP) is 3.79. The monoisotopic (exact) mass is 279 g/mol. The van der Waals surface area contributed by atoms with Crippen LogP contribution in [0.3, 0.4) is 0 Å². The smallest absolute Gasteiger partial charge is 0.0659 e. The standard InChI is InChI=1S/C9H14N2.C6H11NS/c1-7-4-3-5-9-8(7)6-11(2)10-9;1-5-7-4-6(2,3)8-5/h6-7H,3-5H2,1-2H3;4H2,1-3H3/t7-;/m1./s1. The fraction of sp³-hybridized carbons (Fsp3) is 0.733. The van der Waals surface area contributed by atoms with Gasteiger partial charge in [-0.3, -0.25) is 9.67 Å². The van der Waals surface area contributed by atoms with Gasteiger partial charge in [0.2, 0.25) is 0 Å². The van der Waals surface area contributed by atoms with Crippen molar-refractivity contribution in [3.63, 3.8) is 0 Å². The number of aliphatic imine (C=N–C) groups is 1. The molecule has 0 spiro atoms. The van der Waals surface area contributed by atoms with Gasteiger partial charge >= 0.3 is 0 Å². The second-order valence-corrected chi connectivity index (χ2v) is 8.10. The first-order chi connectivity index (χ1) is 8.87. The first-order valence-corrected chi connectivity index (χ1v) is 7.91. The van der Waals surface area contributed by atoms with Crippen LogP contribution in [-0.2, 0) is 13.5 Å². The van der Waals surface area contributed by atoms with Crippen LogP contribution in [0.15, 0.2) is 11.2 Å². The summed E-state index contributed by atoms with van der Waals surface area (Å²) in [6.07, 6.45) is 5.99. The van der Waals surface area contributed by atoms with Crippen molar-refractivity contribution in [1.82, 2.24) is 9.78 Å². The van der Waals surface area contributed by atoms with Crippen LogP contribution in [0.4, 0.5) is 0 Å². The van der Waals surface area contributed by atoms with Crippen molar-refractivity contribution < 1.29 is 0 Å². The van der Waals surface area contributed by atoms with Gasteiger partial charge in [0.15, 0.2) is 0 Å². The fourth-order valence-electron chi connectivity index (χ4n) is 2.66. The van der Waals surface area contributed by atoms with Crippen molar-refractivity contribution >= 4 is 16.8 Å². The topological polar surface area (TPSA) is 30.2 Å². The normalized spacial score (nSPS) is 24.3. The number of aromatic nitrogens is 2. The van der Waals surface area contributed by atoms with Crippen molar-refractivity contribution in [2.45, 2.75) is 57.6 Å². The Bertz CT molecular complexity index is 474. The lowest BCUT2D eigenvalue weighted by Gasteiger charge is -2.15. The van der Waals surface area contributed by atoms with Crippen molar-refractivity contribution in [3.8, 4) is 0 Å². The summed E-state index contributed by atoms with van der Waals surface area (Å²) in [5, 5.41) is 5.65. The lowest BCUT2D eigenvalue weighted by molar-refractivity contribution is 0.584. The van der Waals surface area contributed by atoms with E-state index in [0.29, 0.717) is 4.75 Å². The molecule has 1 aromatic heterocycles. The Labute approximate surface area is 120 Å². The zero-order valence-electron chi connectivity index (χ0n) is 12.7. The van der Waals surface area contributed by atoms with Crippen LogP contribution in [0, 0.1) is 0 Å². The molecule has 4 heteroatoms. The number of thioether (sulfide) groups is 1. The molecule has 1 aromatic rings. The maximum absolute atomic E-state index is 4.42.